The molecule has 1 rings (SSSR count). The average molecular weight is 381 g/mol. The predicted octanol–water partition coefficient (Wildman–Crippen LogP) is 4.13. The molecule has 0 atom stereocenters. The molecular weight excluding hydrogens is 362 g/mol. The van der Waals surface area contributed by atoms with Crippen molar-refractivity contribution in [2.75, 3.05) is 18.9 Å². The van der Waals surface area contributed by atoms with Gasteiger partial charge in [-0.3, -0.25) is 4.79 Å². The zero-order valence-electron chi connectivity index (χ0n) is 11.8. The number of thioether (sulfide) groups is 1. The Bertz CT molecular complexity index is 463. The Labute approximate surface area is 137 Å². The van der Waals surface area contributed by atoms with E-state index in [-0.39, 0.29) is 17.3 Å². The van der Waals surface area contributed by atoms with E-state index in [4.69, 9.17) is 16.3 Å². The van der Waals surface area contributed by atoms with E-state index in [9.17, 15) is 4.79 Å². The Morgan fingerprint density at radius 2 is 2.15 bits per heavy atom. The molecule has 6 heteroatoms. The van der Waals surface area contributed by atoms with Crippen LogP contribution in [0.2, 0.25) is 5.02 Å². The Hall–Kier alpha value is -0.390. The Kier molecular flexibility index (Phi) is 7.20. The monoisotopic (exact) mass is 379 g/mol. The summed E-state index contributed by atoms with van der Waals surface area (Å²) < 4.78 is 6.38. The van der Waals surface area contributed by atoms with Gasteiger partial charge in [0.2, 0.25) is 0 Å². The van der Waals surface area contributed by atoms with Crippen LogP contribution in [0.25, 0.3) is 0 Å². The van der Waals surface area contributed by atoms with Crippen molar-refractivity contribution >= 4 is 45.2 Å². The van der Waals surface area contributed by atoms with E-state index >= 15 is 0 Å². The summed E-state index contributed by atoms with van der Waals surface area (Å²) in [4.78, 5) is 11.6. The second-order valence-corrected chi connectivity index (χ2v) is 8.39. The number of benzene rings is 1. The van der Waals surface area contributed by atoms with E-state index in [2.05, 4.69) is 42.0 Å². The third-order valence-corrected chi connectivity index (χ3v) is 4.34. The maximum Gasteiger partial charge on any atom is 0.257 e. The zero-order chi connectivity index (χ0) is 15.2. The SMILES string of the molecule is CC(C)(C)SCCNC(=O)COc1ccc(Cl)cc1Br. The first-order valence-electron chi connectivity index (χ1n) is 6.26. The summed E-state index contributed by atoms with van der Waals surface area (Å²) in [5.41, 5.74) is 0. The Morgan fingerprint density at radius 3 is 2.75 bits per heavy atom. The first kappa shape index (κ1) is 17.7. The number of carbonyl (C=O) groups excluding carboxylic acids is 1. The fourth-order valence-electron chi connectivity index (χ4n) is 1.33. The molecule has 0 aliphatic carbocycles. The molecule has 0 heterocycles. The lowest BCUT2D eigenvalue weighted by atomic mass is 10.3. The highest BCUT2D eigenvalue weighted by Crippen LogP contribution is 2.27. The van der Waals surface area contributed by atoms with Crippen LogP contribution >= 0.6 is 39.3 Å². The highest BCUT2D eigenvalue weighted by Gasteiger charge is 2.10. The third-order valence-electron chi connectivity index (χ3n) is 2.21. The van der Waals surface area contributed by atoms with Crippen molar-refractivity contribution in [2.45, 2.75) is 25.5 Å². The van der Waals surface area contributed by atoms with Crippen LogP contribution in [0.5, 0.6) is 5.75 Å². The van der Waals surface area contributed by atoms with Crippen molar-refractivity contribution < 1.29 is 9.53 Å². The minimum Gasteiger partial charge on any atom is -0.483 e. The summed E-state index contributed by atoms with van der Waals surface area (Å²) in [6.45, 7) is 7.11. The highest BCUT2D eigenvalue weighted by atomic mass is 79.9. The van der Waals surface area contributed by atoms with E-state index < -0.39 is 0 Å². The minimum absolute atomic E-state index is 0.000414. The van der Waals surface area contributed by atoms with Crippen molar-refractivity contribution in [3.8, 4) is 5.75 Å². The van der Waals surface area contributed by atoms with Gasteiger partial charge in [0.15, 0.2) is 6.61 Å². The quantitative estimate of drug-likeness (QED) is 0.754. The van der Waals surface area contributed by atoms with Gasteiger partial charge in [0, 0.05) is 22.1 Å². The van der Waals surface area contributed by atoms with Crippen LogP contribution in [0, 0.1) is 0 Å². The molecule has 0 saturated carbocycles. The van der Waals surface area contributed by atoms with Gasteiger partial charge in [-0.2, -0.15) is 11.8 Å². The van der Waals surface area contributed by atoms with E-state index in [0.717, 1.165) is 10.2 Å². The molecule has 1 N–H and O–H groups in total. The topological polar surface area (TPSA) is 38.3 Å². The summed E-state index contributed by atoms with van der Waals surface area (Å²) in [5, 5.41) is 3.45. The lowest BCUT2D eigenvalue weighted by Crippen LogP contribution is -2.31. The molecule has 0 spiro atoms. The van der Waals surface area contributed by atoms with Crippen molar-refractivity contribution in [3.05, 3.63) is 27.7 Å². The molecule has 0 fully saturated rings. The molecule has 0 unspecified atom stereocenters. The molecule has 1 aromatic carbocycles. The fourth-order valence-corrected chi connectivity index (χ4v) is 2.95. The van der Waals surface area contributed by atoms with Gasteiger partial charge in [0.25, 0.3) is 5.91 Å². The summed E-state index contributed by atoms with van der Waals surface area (Å²) in [7, 11) is 0. The largest absolute Gasteiger partial charge is 0.483 e. The molecule has 3 nitrogen and oxygen atoms in total. The fraction of sp³-hybridized carbons (Fsp3) is 0.500. The maximum absolute atomic E-state index is 11.6. The van der Waals surface area contributed by atoms with Crippen LogP contribution in [0.4, 0.5) is 0 Å². The molecule has 1 amide bonds. The molecule has 1 aromatic rings. The normalized spacial score (nSPS) is 11.2. The van der Waals surface area contributed by atoms with Gasteiger partial charge >= 0.3 is 0 Å². The summed E-state index contributed by atoms with van der Waals surface area (Å²) in [6.07, 6.45) is 0. The van der Waals surface area contributed by atoms with E-state index in [1.807, 2.05) is 11.8 Å². The lowest BCUT2D eigenvalue weighted by Gasteiger charge is -2.17. The van der Waals surface area contributed by atoms with Crippen molar-refractivity contribution in [2.24, 2.45) is 0 Å². The third kappa shape index (κ3) is 7.41. The summed E-state index contributed by atoms with van der Waals surface area (Å²) in [6, 6.07) is 5.18. The van der Waals surface area contributed by atoms with Gasteiger partial charge in [-0.1, -0.05) is 32.4 Å². The Morgan fingerprint density at radius 1 is 1.45 bits per heavy atom. The summed E-state index contributed by atoms with van der Waals surface area (Å²) in [5.74, 6) is 1.37. The molecule has 0 saturated heterocycles. The molecule has 0 aromatic heterocycles. The van der Waals surface area contributed by atoms with Gasteiger partial charge in [-0.15, -0.1) is 0 Å². The van der Waals surface area contributed by atoms with Gasteiger partial charge in [-0.25, -0.2) is 0 Å². The van der Waals surface area contributed by atoms with E-state index in [1.54, 1.807) is 18.2 Å². The van der Waals surface area contributed by atoms with Crippen LogP contribution in [0.1, 0.15) is 20.8 Å². The maximum atomic E-state index is 11.6. The smallest absolute Gasteiger partial charge is 0.257 e. The second-order valence-electron chi connectivity index (χ2n) is 5.17. The Balaban J connectivity index is 2.26. The first-order valence-corrected chi connectivity index (χ1v) is 8.42. The van der Waals surface area contributed by atoms with E-state index in [1.165, 1.54) is 0 Å². The van der Waals surface area contributed by atoms with Gasteiger partial charge in [0.05, 0.1) is 4.47 Å². The summed E-state index contributed by atoms with van der Waals surface area (Å²) >= 11 is 11.0. The highest BCUT2D eigenvalue weighted by molar-refractivity contribution is 9.10. The van der Waals surface area contributed by atoms with Crippen LogP contribution in [-0.2, 0) is 4.79 Å². The molecule has 0 aliphatic heterocycles. The number of carbonyl (C=O) groups is 1. The number of nitrogens with one attached hydrogen (secondary N) is 1. The minimum atomic E-state index is -0.124. The van der Waals surface area contributed by atoms with Gasteiger partial charge in [-0.05, 0) is 34.1 Å². The van der Waals surface area contributed by atoms with Crippen LogP contribution in [0.3, 0.4) is 0 Å². The molecular formula is C14H19BrClNO2S. The second kappa shape index (κ2) is 8.15. The molecule has 112 valence electrons. The number of rotatable bonds is 6. The number of amides is 1. The van der Waals surface area contributed by atoms with Crippen LogP contribution in [-0.4, -0.2) is 29.6 Å². The van der Waals surface area contributed by atoms with Gasteiger partial charge < -0.3 is 10.1 Å². The average Bonchev–Trinajstić information content (AvgIpc) is 2.32. The number of hydrogen-bond donors (Lipinski definition) is 1. The standard InChI is InChI=1S/C14H19BrClNO2S/c1-14(2,3)20-7-6-17-13(18)9-19-12-5-4-10(16)8-11(12)15/h4-5,8H,6-7,9H2,1-3H3,(H,17,18). The zero-order valence-corrected chi connectivity index (χ0v) is 15.0. The molecule has 0 radical (unpaired) electrons. The first-order chi connectivity index (χ1) is 9.28. The van der Waals surface area contributed by atoms with E-state index in [0.29, 0.717) is 17.3 Å². The van der Waals surface area contributed by atoms with Crippen molar-refractivity contribution in [1.29, 1.82) is 0 Å². The molecule has 20 heavy (non-hydrogen) atoms. The number of hydrogen-bond acceptors (Lipinski definition) is 3. The molecule has 0 aliphatic rings. The van der Waals surface area contributed by atoms with Gasteiger partial charge in [0.1, 0.15) is 5.75 Å². The van der Waals surface area contributed by atoms with Crippen molar-refractivity contribution in [3.63, 3.8) is 0 Å². The predicted molar refractivity (Wildman–Crippen MR) is 89.9 cm³/mol. The molecule has 0 bridgehead atoms. The number of ether oxygens (including phenoxy) is 1. The lowest BCUT2D eigenvalue weighted by molar-refractivity contribution is -0.122. The van der Waals surface area contributed by atoms with Crippen molar-refractivity contribution in [1.82, 2.24) is 5.32 Å². The number of halogens is 2. The van der Waals surface area contributed by atoms with Crippen LogP contribution < -0.4 is 10.1 Å². The van der Waals surface area contributed by atoms with Crippen LogP contribution in [0.15, 0.2) is 22.7 Å².